The third-order valence-corrected chi connectivity index (χ3v) is 3.99. The first-order valence-electron chi connectivity index (χ1n) is 7.70. The molecule has 2 aromatic rings. The lowest BCUT2D eigenvalue weighted by molar-refractivity contribution is -0.0774. The van der Waals surface area contributed by atoms with E-state index in [2.05, 4.69) is 0 Å². The summed E-state index contributed by atoms with van der Waals surface area (Å²) in [5, 5.41) is 28.8. The Morgan fingerprint density at radius 3 is 2.13 bits per heavy atom. The van der Waals surface area contributed by atoms with Crippen LogP contribution in [0.3, 0.4) is 0 Å². The minimum Gasteiger partial charge on any atom is -0.508 e. The van der Waals surface area contributed by atoms with E-state index in [-0.39, 0.29) is 23.7 Å². The van der Waals surface area contributed by atoms with E-state index in [1.54, 1.807) is 24.3 Å². The van der Waals surface area contributed by atoms with Crippen LogP contribution in [0, 0.1) is 0 Å². The Morgan fingerprint density at radius 2 is 1.48 bits per heavy atom. The number of aromatic hydroxyl groups is 2. The first kappa shape index (κ1) is 15.6. The third-order valence-electron chi connectivity index (χ3n) is 3.99. The van der Waals surface area contributed by atoms with Gasteiger partial charge in [0.2, 0.25) is 0 Å². The maximum Gasteiger partial charge on any atom is 0.115 e. The number of hydrogen-bond acceptors (Lipinski definition) is 4. The lowest BCUT2D eigenvalue weighted by atomic mass is 9.95. The monoisotopic (exact) mass is 312 g/mol. The summed E-state index contributed by atoms with van der Waals surface area (Å²) >= 11 is 0. The number of aliphatic hydroxyl groups is 1. The van der Waals surface area contributed by atoms with Crippen molar-refractivity contribution >= 4 is 6.08 Å². The Bertz CT molecular complexity index is 661. The first-order valence-corrected chi connectivity index (χ1v) is 7.70. The molecular formula is C19H20O4. The van der Waals surface area contributed by atoms with Crippen molar-refractivity contribution in [3.63, 3.8) is 0 Å². The molecule has 23 heavy (non-hydrogen) atoms. The van der Waals surface area contributed by atoms with Crippen molar-refractivity contribution in [1.29, 1.82) is 0 Å². The maximum absolute atomic E-state index is 10.1. The van der Waals surface area contributed by atoms with Crippen molar-refractivity contribution in [3.05, 3.63) is 65.7 Å². The zero-order chi connectivity index (χ0) is 16.2. The van der Waals surface area contributed by atoms with Gasteiger partial charge in [-0.2, -0.15) is 0 Å². The average Bonchev–Trinajstić information content (AvgIpc) is 2.54. The molecule has 1 heterocycles. The molecule has 3 N–H and O–H groups in total. The number of phenolic OH excluding ortho intramolecular Hbond substituents is 2. The molecule has 120 valence electrons. The van der Waals surface area contributed by atoms with Crippen LogP contribution in [0.4, 0.5) is 0 Å². The number of ether oxygens (including phenoxy) is 1. The second-order valence-corrected chi connectivity index (χ2v) is 5.83. The Kier molecular flexibility index (Phi) is 4.65. The molecule has 1 saturated heterocycles. The molecule has 3 atom stereocenters. The van der Waals surface area contributed by atoms with Crippen LogP contribution >= 0.6 is 0 Å². The van der Waals surface area contributed by atoms with Gasteiger partial charge in [0, 0.05) is 12.8 Å². The summed E-state index contributed by atoms with van der Waals surface area (Å²) in [4.78, 5) is 0. The largest absolute Gasteiger partial charge is 0.508 e. The fraction of sp³-hybridized carbons (Fsp3) is 0.263. The van der Waals surface area contributed by atoms with Gasteiger partial charge in [0.05, 0.1) is 18.3 Å². The van der Waals surface area contributed by atoms with E-state index >= 15 is 0 Å². The summed E-state index contributed by atoms with van der Waals surface area (Å²) in [6.45, 7) is 0. The van der Waals surface area contributed by atoms with Gasteiger partial charge in [-0.15, -0.1) is 0 Å². The van der Waals surface area contributed by atoms with Gasteiger partial charge in [0.1, 0.15) is 11.5 Å². The van der Waals surface area contributed by atoms with Crippen molar-refractivity contribution in [2.24, 2.45) is 0 Å². The fourth-order valence-corrected chi connectivity index (χ4v) is 2.77. The smallest absolute Gasteiger partial charge is 0.115 e. The van der Waals surface area contributed by atoms with Crippen LogP contribution in [-0.2, 0) is 4.74 Å². The first-order chi connectivity index (χ1) is 11.1. The summed E-state index contributed by atoms with van der Waals surface area (Å²) in [5.74, 6) is 0.452. The van der Waals surface area contributed by atoms with Crippen molar-refractivity contribution in [3.8, 4) is 11.5 Å². The minimum atomic E-state index is -0.419. The minimum absolute atomic E-state index is 0.175. The van der Waals surface area contributed by atoms with E-state index < -0.39 is 6.10 Å². The van der Waals surface area contributed by atoms with Crippen LogP contribution < -0.4 is 0 Å². The van der Waals surface area contributed by atoms with Gasteiger partial charge in [-0.25, -0.2) is 0 Å². The summed E-state index contributed by atoms with van der Waals surface area (Å²) < 4.78 is 6.05. The summed E-state index contributed by atoms with van der Waals surface area (Å²) in [6, 6.07) is 13.8. The number of benzene rings is 2. The van der Waals surface area contributed by atoms with E-state index in [1.807, 2.05) is 36.4 Å². The molecule has 1 aliphatic heterocycles. The van der Waals surface area contributed by atoms with Gasteiger partial charge < -0.3 is 20.1 Å². The molecule has 3 rings (SSSR count). The number of hydrogen-bond donors (Lipinski definition) is 3. The highest BCUT2D eigenvalue weighted by molar-refractivity contribution is 5.51. The van der Waals surface area contributed by atoms with Crippen molar-refractivity contribution in [2.45, 2.75) is 31.2 Å². The third kappa shape index (κ3) is 4.12. The van der Waals surface area contributed by atoms with Crippen molar-refractivity contribution in [2.75, 3.05) is 0 Å². The standard InChI is InChI=1S/C19H20O4/c20-15-6-1-13(2-7-15)3-10-18-11-17(22)12-19(23-18)14-4-8-16(21)9-5-14/h1-10,17-22H,11-12H2/t17-,18-,19-/m0/s1. The van der Waals surface area contributed by atoms with Gasteiger partial charge in [0.25, 0.3) is 0 Å². The SMILES string of the molecule is Oc1ccc(C=C[C@H]2C[C@H](O)C[C@@H](c3ccc(O)cc3)O2)cc1. The summed E-state index contributed by atoms with van der Waals surface area (Å²) in [5.41, 5.74) is 1.91. The predicted molar refractivity (Wildman–Crippen MR) is 88.1 cm³/mol. The Morgan fingerprint density at radius 1 is 0.870 bits per heavy atom. The van der Waals surface area contributed by atoms with Crippen LogP contribution in [-0.4, -0.2) is 27.5 Å². The van der Waals surface area contributed by atoms with Crippen LogP contribution in [0.5, 0.6) is 11.5 Å². The molecule has 0 saturated carbocycles. The van der Waals surface area contributed by atoms with E-state index in [9.17, 15) is 15.3 Å². The van der Waals surface area contributed by atoms with Crippen LogP contribution in [0.25, 0.3) is 6.08 Å². The Hall–Kier alpha value is -2.30. The molecule has 1 fully saturated rings. The van der Waals surface area contributed by atoms with Crippen LogP contribution in [0.2, 0.25) is 0 Å². The topological polar surface area (TPSA) is 69.9 Å². The second-order valence-electron chi connectivity index (χ2n) is 5.83. The molecule has 2 aromatic carbocycles. The summed E-state index contributed by atoms with van der Waals surface area (Å²) in [7, 11) is 0. The lowest BCUT2D eigenvalue weighted by Gasteiger charge is -2.32. The van der Waals surface area contributed by atoms with E-state index in [0.717, 1.165) is 11.1 Å². The van der Waals surface area contributed by atoms with Crippen LogP contribution in [0.1, 0.15) is 30.1 Å². The van der Waals surface area contributed by atoms with Gasteiger partial charge in [-0.3, -0.25) is 0 Å². The van der Waals surface area contributed by atoms with E-state index in [1.165, 1.54) is 0 Å². The maximum atomic E-state index is 10.1. The fourth-order valence-electron chi connectivity index (χ4n) is 2.77. The quantitative estimate of drug-likeness (QED) is 0.812. The lowest BCUT2D eigenvalue weighted by Crippen LogP contribution is -2.30. The van der Waals surface area contributed by atoms with Crippen molar-refractivity contribution < 1.29 is 20.1 Å². The second kappa shape index (κ2) is 6.86. The number of aliphatic hydroxyl groups excluding tert-OH is 1. The van der Waals surface area contributed by atoms with Crippen molar-refractivity contribution in [1.82, 2.24) is 0 Å². The van der Waals surface area contributed by atoms with Gasteiger partial charge >= 0.3 is 0 Å². The molecule has 4 nitrogen and oxygen atoms in total. The molecule has 0 spiro atoms. The van der Waals surface area contributed by atoms with Gasteiger partial charge in [-0.1, -0.05) is 36.4 Å². The van der Waals surface area contributed by atoms with Crippen LogP contribution in [0.15, 0.2) is 54.6 Å². The molecule has 0 bridgehead atoms. The zero-order valence-corrected chi connectivity index (χ0v) is 12.7. The Balaban J connectivity index is 1.70. The molecule has 0 aromatic heterocycles. The molecule has 1 aliphatic rings. The van der Waals surface area contributed by atoms with E-state index in [4.69, 9.17) is 4.74 Å². The molecule has 0 aliphatic carbocycles. The molecule has 4 heteroatoms. The highest BCUT2D eigenvalue weighted by atomic mass is 16.5. The molecule has 0 amide bonds. The Labute approximate surface area is 135 Å². The molecule has 0 radical (unpaired) electrons. The normalized spacial score (nSPS) is 24.8. The highest BCUT2D eigenvalue weighted by Gasteiger charge is 2.27. The number of rotatable bonds is 3. The number of phenols is 2. The molecule has 0 unspecified atom stereocenters. The average molecular weight is 312 g/mol. The summed E-state index contributed by atoms with van der Waals surface area (Å²) in [6.07, 6.45) is 4.19. The zero-order valence-electron chi connectivity index (χ0n) is 12.7. The predicted octanol–water partition coefficient (Wildman–Crippen LogP) is 3.39. The molecular weight excluding hydrogens is 292 g/mol. The van der Waals surface area contributed by atoms with Gasteiger partial charge in [-0.05, 0) is 35.4 Å². The van der Waals surface area contributed by atoms with Gasteiger partial charge in [0.15, 0.2) is 0 Å². The van der Waals surface area contributed by atoms with E-state index in [0.29, 0.717) is 12.8 Å². The highest BCUT2D eigenvalue weighted by Crippen LogP contribution is 2.32.